The summed E-state index contributed by atoms with van der Waals surface area (Å²) >= 11 is 1.20. The van der Waals surface area contributed by atoms with E-state index >= 15 is 0 Å². The Kier molecular flexibility index (Phi) is 2.61. The molecule has 0 aliphatic carbocycles. The van der Waals surface area contributed by atoms with Gasteiger partial charge in [-0.3, -0.25) is 4.72 Å². The minimum atomic E-state index is -3.49. The summed E-state index contributed by atoms with van der Waals surface area (Å²) in [6.45, 7) is 0. The Labute approximate surface area is 108 Å². The van der Waals surface area contributed by atoms with Gasteiger partial charge in [0.1, 0.15) is 4.21 Å². The van der Waals surface area contributed by atoms with Crippen LogP contribution in [0.3, 0.4) is 0 Å². The zero-order chi connectivity index (χ0) is 12.6. The molecule has 0 saturated heterocycles. The second kappa shape index (κ2) is 4.15. The minimum Gasteiger partial charge on any atom is -0.359 e. The predicted octanol–water partition coefficient (Wildman–Crippen LogP) is 3.03. The Morgan fingerprint density at radius 3 is 2.78 bits per heavy atom. The average molecular weight is 278 g/mol. The smallest absolute Gasteiger partial charge is 0.271 e. The molecule has 92 valence electrons. The van der Waals surface area contributed by atoms with Gasteiger partial charge in [0.15, 0.2) is 0 Å². The van der Waals surface area contributed by atoms with Crippen LogP contribution < -0.4 is 4.72 Å². The Morgan fingerprint density at radius 2 is 2.00 bits per heavy atom. The molecule has 18 heavy (non-hydrogen) atoms. The third-order valence-corrected chi connectivity index (χ3v) is 5.35. The van der Waals surface area contributed by atoms with E-state index in [0.29, 0.717) is 9.90 Å². The molecule has 0 aliphatic heterocycles. The van der Waals surface area contributed by atoms with Gasteiger partial charge >= 0.3 is 0 Å². The molecule has 0 spiro atoms. The van der Waals surface area contributed by atoms with E-state index in [2.05, 4.69) is 9.71 Å². The second-order valence-corrected chi connectivity index (χ2v) is 6.64. The van der Waals surface area contributed by atoms with Gasteiger partial charge in [0, 0.05) is 11.6 Å². The maximum atomic E-state index is 12.1. The van der Waals surface area contributed by atoms with Crippen molar-refractivity contribution in [3.05, 3.63) is 48.0 Å². The number of nitrogens with one attached hydrogen (secondary N) is 2. The molecule has 3 rings (SSSR count). The van der Waals surface area contributed by atoms with Gasteiger partial charge in [0.2, 0.25) is 0 Å². The quantitative estimate of drug-likeness (QED) is 0.773. The number of para-hydroxylation sites is 1. The lowest BCUT2D eigenvalue weighted by atomic mass is 10.2. The lowest BCUT2D eigenvalue weighted by Crippen LogP contribution is -2.11. The van der Waals surface area contributed by atoms with Gasteiger partial charge in [-0.1, -0.05) is 18.2 Å². The van der Waals surface area contributed by atoms with Gasteiger partial charge in [-0.05, 0) is 23.6 Å². The van der Waals surface area contributed by atoms with Gasteiger partial charge in [-0.2, -0.15) is 0 Å². The summed E-state index contributed by atoms with van der Waals surface area (Å²) in [7, 11) is -3.49. The van der Waals surface area contributed by atoms with Crippen LogP contribution in [0.4, 0.5) is 5.69 Å². The van der Waals surface area contributed by atoms with Crippen LogP contribution in [0.15, 0.2) is 52.2 Å². The molecule has 2 heterocycles. The van der Waals surface area contributed by atoms with Crippen molar-refractivity contribution in [3.63, 3.8) is 0 Å². The first kappa shape index (κ1) is 11.3. The first-order chi connectivity index (χ1) is 8.67. The number of hydrogen-bond donors (Lipinski definition) is 2. The summed E-state index contributed by atoms with van der Waals surface area (Å²) < 4.78 is 27.1. The molecule has 2 aromatic heterocycles. The first-order valence-corrected chi connectivity index (χ1v) is 7.65. The Hall–Kier alpha value is -1.79. The highest BCUT2D eigenvalue weighted by molar-refractivity contribution is 7.94. The van der Waals surface area contributed by atoms with Gasteiger partial charge < -0.3 is 4.98 Å². The maximum Gasteiger partial charge on any atom is 0.271 e. The summed E-state index contributed by atoms with van der Waals surface area (Å²) in [5.74, 6) is 0. The van der Waals surface area contributed by atoms with E-state index in [9.17, 15) is 8.42 Å². The number of rotatable bonds is 3. The molecule has 4 nitrogen and oxygen atoms in total. The summed E-state index contributed by atoms with van der Waals surface area (Å²) in [5.41, 5.74) is 1.35. The van der Waals surface area contributed by atoms with Crippen LogP contribution in [-0.2, 0) is 10.0 Å². The molecule has 0 saturated carbocycles. The van der Waals surface area contributed by atoms with Crippen molar-refractivity contribution in [1.29, 1.82) is 0 Å². The van der Waals surface area contributed by atoms with E-state index in [0.717, 1.165) is 10.9 Å². The second-order valence-electron chi connectivity index (χ2n) is 3.79. The van der Waals surface area contributed by atoms with Crippen LogP contribution >= 0.6 is 11.3 Å². The molecule has 6 heteroatoms. The number of fused-ring (bicyclic) bond motifs is 1. The molecule has 3 aromatic rings. The predicted molar refractivity (Wildman–Crippen MR) is 73.4 cm³/mol. The largest absolute Gasteiger partial charge is 0.359 e. The highest BCUT2D eigenvalue weighted by Gasteiger charge is 2.16. The van der Waals surface area contributed by atoms with Crippen LogP contribution in [0.5, 0.6) is 0 Å². The highest BCUT2D eigenvalue weighted by Crippen LogP contribution is 2.25. The van der Waals surface area contributed by atoms with Gasteiger partial charge in [0.25, 0.3) is 10.0 Å². The molecule has 0 radical (unpaired) electrons. The van der Waals surface area contributed by atoms with Crippen LogP contribution in [-0.4, -0.2) is 13.4 Å². The average Bonchev–Trinajstić information content (AvgIpc) is 3.00. The number of sulfonamides is 1. The molecule has 1 aromatic carbocycles. The summed E-state index contributed by atoms with van der Waals surface area (Å²) in [5, 5.41) is 2.71. The molecular weight excluding hydrogens is 268 g/mol. The molecule has 0 atom stereocenters. The van der Waals surface area contributed by atoms with Crippen LogP contribution in [0.25, 0.3) is 10.9 Å². The van der Waals surface area contributed by atoms with Gasteiger partial charge in [-0.25, -0.2) is 8.42 Å². The fourth-order valence-corrected chi connectivity index (χ4v) is 3.85. The topological polar surface area (TPSA) is 62.0 Å². The van der Waals surface area contributed by atoms with E-state index in [-0.39, 0.29) is 0 Å². The number of aromatic nitrogens is 1. The highest BCUT2D eigenvalue weighted by atomic mass is 32.2. The number of aromatic amines is 1. The van der Waals surface area contributed by atoms with Crippen LogP contribution in [0.1, 0.15) is 0 Å². The van der Waals surface area contributed by atoms with Crippen molar-refractivity contribution in [2.75, 3.05) is 4.72 Å². The maximum absolute atomic E-state index is 12.1. The summed E-state index contributed by atoms with van der Waals surface area (Å²) in [6, 6.07) is 10.7. The van der Waals surface area contributed by atoms with Crippen molar-refractivity contribution in [3.8, 4) is 0 Å². The number of thiophene rings is 1. The van der Waals surface area contributed by atoms with Gasteiger partial charge in [-0.15, -0.1) is 11.3 Å². The molecule has 0 aliphatic rings. The van der Waals surface area contributed by atoms with Crippen molar-refractivity contribution >= 4 is 38.0 Å². The number of hydrogen-bond acceptors (Lipinski definition) is 3. The Bertz CT molecular complexity index is 773. The van der Waals surface area contributed by atoms with E-state index in [1.54, 1.807) is 29.8 Å². The summed E-state index contributed by atoms with van der Waals surface area (Å²) in [4.78, 5) is 3.03. The molecule has 0 bridgehead atoms. The first-order valence-electron chi connectivity index (χ1n) is 5.29. The van der Waals surface area contributed by atoms with Crippen LogP contribution in [0, 0.1) is 0 Å². The molecule has 0 amide bonds. The fourth-order valence-electron chi connectivity index (χ4n) is 1.78. The lowest BCUT2D eigenvalue weighted by molar-refractivity contribution is 0.603. The number of benzene rings is 1. The zero-order valence-corrected chi connectivity index (χ0v) is 10.9. The monoisotopic (exact) mass is 278 g/mol. The Morgan fingerprint density at radius 1 is 1.11 bits per heavy atom. The normalized spacial score (nSPS) is 11.8. The van der Waals surface area contributed by atoms with Crippen molar-refractivity contribution in [1.82, 2.24) is 4.98 Å². The van der Waals surface area contributed by atoms with E-state index in [4.69, 9.17) is 0 Å². The third kappa shape index (κ3) is 1.89. The van der Waals surface area contributed by atoms with E-state index in [1.807, 2.05) is 18.2 Å². The number of H-pyrrole nitrogens is 1. The van der Waals surface area contributed by atoms with Crippen LogP contribution in [0.2, 0.25) is 0 Å². The fraction of sp³-hybridized carbons (Fsp3) is 0. The molecule has 0 fully saturated rings. The minimum absolute atomic E-state index is 0.311. The number of anilines is 1. The SMILES string of the molecule is O=S(=O)(Nc1cccc2cc[nH]c12)c1cccs1. The lowest BCUT2D eigenvalue weighted by Gasteiger charge is -2.07. The van der Waals surface area contributed by atoms with E-state index < -0.39 is 10.0 Å². The van der Waals surface area contributed by atoms with Crippen molar-refractivity contribution in [2.24, 2.45) is 0 Å². The van der Waals surface area contributed by atoms with Crippen molar-refractivity contribution in [2.45, 2.75) is 4.21 Å². The standard InChI is InChI=1S/C12H10N2O2S2/c15-18(16,11-5-2-8-17-11)14-10-4-1-3-9-6-7-13-12(9)10/h1-8,13-14H. The van der Waals surface area contributed by atoms with Crippen molar-refractivity contribution < 1.29 is 8.42 Å². The molecule has 0 unspecified atom stereocenters. The third-order valence-electron chi connectivity index (χ3n) is 2.59. The molecular formula is C12H10N2O2S2. The van der Waals surface area contributed by atoms with Gasteiger partial charge in [0.05, 0.1) is 11.2 Å². The Balaban J connectivity index is 2.05. The van der Waals surface area contributed by atoms with E-state index in [1.165, 1.54) is 11.3 Å². The zero-order valence-electron chi connectivity index (χ0n) is 9.25. The molecule has 2 N–H and O–H groups in total. The summed E-state index contributed by atoms with van der Waals surface area (Å²) in [6.07, 6.45) is 1.79.